The lowest BCUT2D eigenvalue weighted by Gasteiger charge is -2.22. The van der Waals surface area contributed by atoms with Gasteiger partial charge in [-0.25, -0.2) is 0 Å². The Hall–Kier alpha value is -0.120. The SMILES string of the molecule is OC1C2C[C@H]2C2CO[C@H]1O2. The van der Waals surface area contributed by atoms with Crippen LogP contribution in [0.2, 0.25) is 0 Å². The van der Waals surface area contributed by atoms with Crippen molar-refractivity contribution in [2.75, 3.05) is 6.61 Å². The molecule has 3 fully saturated rings. The third kappa shape index (κ3) is 0.516. The van der Waals surface area contributed by atoms with Crippen molar-refractivity contribution >= 4 is 0 Å². The Morgan fingerprint density at radius 1 is 1.30 bits per heavy atom. The van der Waals surface area contributed by atoms with Gasteiger partial charge in [-0.2, -0.15) is 0 Å². The summed E-state index contributed by atoms with van der Waals surface area (Å²) in [6.07, 6.45) is 0.807. The van der Waals surface area contributed by atoms with E-state index in [4.69, 9.17) is 9.47 Å². The highest BCUT2D eigenvalue weighted by molar-refractivity contribution is 5.03. The smallest absolute Gasteiger partial charge is 0.184 e. The van der Waals surface area contributed by atoms with E-state index in [1.807, 2.05) is 0 Å². The number of aliphatic hydroxyl groups is 1. The normalized spacial score (nSPS) is 63.9. The molecule has 0 aromatic rings. The van der Waals surface area contributed by atoms with E-state index < -0.39 is 0 Å². The second-order valence-corrected chi connectivity index (χ2v) is 3.43. The van der Waals surface area contributed by atoms with Gasteiger partial charge >= 0.3 is 0 Å². The highest BCUT2D eigenvalue weighted by atomic mass is 16.7. The minimum Gasteiger partial charge on any atom is -0.388 e. The van der Waals surface area contributed by atoms with Crippen molar-refractivity contribution in [2.45, 2.75) is 24.9 Å². The molecule has 0 spiro atoms. The molecule has 2 saturated heterocycles. The number of rotatable bonds is 0. The van der Waals surface area contributed by atoms with Gasteiger partial charge < -0.3 is 14.6 Å². The third-order valence-corrected chi connectivity index (χ3v) is 2.82. The molecule has 3 nitrogen and oxygen atoms in total. The van der Waals surface area contributed by atoms with Crippen LogP contribution < -0.4 is 0 Å². The standard InChI is InChI=1S/C7H10O3/c8-6-4-1-3(4)5-2-9-7(6)10-5/h3-8H,1-2H2/t3-,4?,5?,6?,7+/m1/s1. The highest BCUT2D eigenvalue weighted by Crippen LogP contribution is 2.52. The molecule has 0 amide bonds. The van der Waals surface area contributed by atoms with Crippen molar-refractivity contribution in [1.82, 2.24) is 0 Å². The summed E-state index contributed by atoms with van der Waals surface area (Å²) in [5, 5.41) is 9.46. The predicted octanol–water partition coefficient (Wildman–Crippen LogP) is -0.262. The summed E-state index contributed by atoms with van der Waals surface area (Å²) in [4.78, 5) is 0. The van der Waals surface area contributed by atoms with Crippen LogP contribution in [0.1, 0.15) is 6.42 Å². The fourth-order valence-corrected chi connectivity index (χ4v) is 2.10. The average molecular weight is 142 g/mol. The van der Waals surface area contributed by atoms with E-state index in [9.17, 15) is 5.11 Å². The molecule has 1 N–H and O–H groups in total. The highest BCUT2D eigenvalue weighted by Gasteiger charge is 2.58. The topological polar surface area (TPSA) is 38.7 Å². The van der Waals surface area contributed by atoms with Crippen LogP contribution in [-0.4, -0.2) is 30.2 Å². The molecular weight excluding hydrogens is 132 g/mol. The molecule has 3 heteroatoms. The summed E-state index contributed by atoms with van der Waals surface area (Å²) in [5.74, 6) is 1.10. The van der Waals surface area contributed by atoms with Crippen LogP contribution in [0.25, 0.3) is 0 Å². The molecule has 0 radical (unpaired) electrons. The van der Waals surface area contributed by atoms with Crippen molar-refractivity contribution in [3.05, 3.63) is 0 Å². The molecule has 3 unspecified atom stereocenters. The molecule has 56 valence electrons. The molecule has 3 rings (SSSR count). The molecule has 3 aliphatic rings. The maximum Gasteiger partial charge on any atom is 0.184 e. The minimum absolute atomic E-state index is 0.297. The molecule has 2 heterocycles. The number of hydrogen-bond acceptors (Lipinski definition) is 3. The van der Waals surface area contributed by atoms with E-state index in [0.29, 0.717) is 24.5 Å². The molecule has 0 aromatic heterocycles. The van der Waals surface area contributed by atoms with E-state index in [0.717, 1.165) is 6.42 Å². The number of ether oxygens (including phenoxy) is 2. The van der Waals surface area contributed by atoms with E-state index in [-0.39, 0.29) is 12.4 Å². The molecule has 2 bridgehead atoms. The Morgan fingerprint density at radius 2 is 2.20 bits per heavy atom. The van der Waals surface area contributed by atoms with Gasteiger partial charge in [0.2, 0.25) is 0 Å². The maximum absolute atomic E-state index is 9.46. The Bertz CT molecular complexity index is 168. The first-order valence-corrected chi connectivity index (χ1v) is 3.81. The van der Waals surface area contributed by atoms with E-state index in [1.54, 1.807) is 0 Å². The van der Waals surface area contributed by atoms with Crippen LogP contribution in [0.5, 0.6) is 0 Å². The van der Waals surface area contributed by atoms with Crippen LogP contribution >= 0.6 is 0 Å². The third-order valence-electron chi connectivity index (χ3n) is 2.82. The van der Waals surface area contributed by atoms with Crippen LogP contribution in [0.15, 0.2) is 0 Å². The fraction of sp³-hybridized carbons (Fsp3) is 1.00. The van der Waals surface area contributed by atoms with Crippen LogP contribution in [0.3, 0.4) is 0 Å². The number of hydrogen-bond donors (Lipinski definition) is 1. The van der Waals surface area contributed by atoms with Gasteiger partial charge in [-0.15, -0.1) is 0 Å². The second-order valence-electron chi connectivity index (χ2n) is 3.43. The largest absolute Gasteiger partial charge is 0.388 e. The molecule has 10 heavy (non-hydrogen) atoms. The predicted molar refractivity (Wildman–Crippen MR) is 32.2 cm³/mol. The molecule has 5 atom stereocenters. The summed E-state index contributed by atoms with van der Waals surface area (Å²) >= 11 is 0. The average Bonchev–Trinajstić information content (AvgIpc) is 2.61. The quantitative estimate of drug-likeness (QED) is 0.506. The Balaban J connectivity index is 1.91. The molecular formula is C7H10O3. The van der Waals surface area contributed by atoms with Gasteiger partial charge in [0, 0.05) is 0 Å². The van der Waals surface area contributed by atoms with E-state index in [1.165, 1.54) is 0 Å². The van der Waals surface area contributed by atoms with Crippen molar-refractivity contribution in [3.63, 3.8) is 0 Å². The maximum atomic E-state index is 9.46. The molecule has 1 aliphatic carbocycles. The number of aliphatic hydroxyl groups excluding tert-OH is 1. The summed E-state index contributed by atoms with van der Waals surface area (Å²) in [7, 11) is 0. The first-order valence-electron chi connectivity index (χ1n) is 3.81. The number of fused-ring (bicyclic) bond motifs is 4. The van der Waals surface area contributed by atoms with Gasteiger partial charge in [-0.05, 0) is 18.3 Å². The van der Waals surface area contributed by atoms with Crippen molar-refractivity contribution in [3.8, 4) is 0 Å². The summed E-state index contributed by atoms with van der Waals surface area (Å²) < 4.78 is 10.6. The van der Waals surface area contributed by atoms with Crippen molar-refractivity contribution in [2.24, 2.45) is 11.8 Å². The van der Waals surface area contributed by atoms with Crippen molar-refractivity contribution < 1.29 is 14.6 Å². The first-order chi connectivity index (χ1) is 4.86. The summed E-state index contributed by atoms with van der Waals surface area (Å²) in [5.41, 5.74) is 0. The molecule has 1 saturated carbocycles. The Kier molecular flexibility index (Phi) is 0.854. The first kappa shape index (κ1) is 5.52. The van der Waals surface area contributed by atoms with Gasteiger partial charge in [-0.3, -0.25) is 0 Å². The van der Waals surface area contributed by atoms with Crippen LogP contribution in [0, 0.1) is 11.8 Å². The van der Waals surface area contributed by atoms with Gasteiger partial charge in [0.05, 0.1) is 12.7 Å². The summed E-state index contributed by atoms with van der Waals surface area (Å²) in [6, 6.07) is 0. The lowest BCUT2D eigenvalue weighted by Crippen LogP contribution is -2.34. The molecule has 2 aliphatic heterocycles. The van der Waals surface area contributed by atoms with E-state index >= 15 is 0 Å². The zero-order valence-corrected chi connectivity index (χ0v) is 5.56. The fourth-order valence-electron chi connectivity index (χ4n) is 2.10. The Labute approximate surface area is 58.9 Å². The van der Waals surface area contributed by atoms with Crippen LogP contribution in [0.4, 0.5) is 0 Å². The van der Waals surface area contributed by atoms with Gasteiger partial charge in [-0.1, -0.05) is 0 Å². The van der Waals surface area contributed by atoms with Crippen molar-refractivity contribution in [1.29, 1.82) is 0 Å². The zero-order valence-electron chi connectivity index (χ0n) is 5.56. The lowest BCUT2D eigenvalue weighted by atomic mass is 10.1. The van der Waals surface area contributed by atoms with Gasteiger partial charge in [0.1, 0.15) is 6.10 Å². The monoisotopic (exact) mass is 142 g/mol. The zero-order chi connectivity index (χ0) is 6.72. The second kappa shape index (κ2) is 1.55. The lowest BCUT2D eigenvalue weighted by molar-refractivity contribution is -0.157. The summed E-state index contributed by atoms with van der Waals surface area (Å²) in [6.45, 7) is 0.697. The van der Waals surface area contributed by atoms with Crippen LogP contribution in [-0.2, 0) is 9.47 Å². The van der Waals surface area contributed by atoms with E-state index in [2.05, 4.69) is 0 Å². The Morgan fingerprint density at radius 3 is 3.10 bits per heavy atom. The van der Waals surface area contributed by atoms with Gasteiger partial charge in [0.15, 0.2) is 6.29 Å². The minimum atomic E-state index is -0.344. The van der Waals surface area contributed by atoms with Gasteiger partial charge in [0.25, 0.3) is 0 Å². The molecule has 0 aromatic carbocycles.